The molecule has 0 aliphatic heterocycles. The zero-order valence-electron chi connectivity index (χ0n) is 11.7. The van der Waals surface area contributed by atoms with Gasteiger partial charge in [-0.05, 0) is 48.6 Å². The van der Waals surface area contributed by atoms with Crippen LogP contribution in [0.15, 0.2) is 47.8 Å². The first-order valence-corrected chi connectivity index (χ1v) is 8.56. The smallest absolute Gasteiger partial charge is 0.0183 e. The quantitative estimate of drug-likeness (QED) is 0.862. The molecule has 2 heteroatoms. The molecule has 4 rings (SSSR count). The van der Waals surface area contributed by atoms with Gasteiger partial charge in [0.05, 0.1) is 0 Å². The predicted molar refractivity (Wildman–Crippen MR) is 85.4 cm³/mol. The van der Waals surface area contributed by atoms with Gasteiger partial charge in [-0.2, -0.15) is 0 Å². The summed E-state index contributed by atoms with van der Waals surface area (Å²) in [4.78, 5) is 1.58. The average Bonchev–Trinajstić information content (AvgIpc) is 3.11. The van der Waals surface area contributed by atoms with Gasteiger partial charge >= 0.3 is 0 Å². The Morgan fingerprint density at radius 3 is 2.50 bits per heavy atom. The molecular weight excluding hydrogens is 262 g/mol. The second kappa shape index (κ2) is 5.01. The Bertz CT molecular complexity index is 550. The van der Waals surface area contributed by atoms with Crippen molar-refractivity contribution in [3.8, 4) is 0 Å². The fraction of sp³-hybridized carbons (Fsp3) is 0.444. The van der Waals surface area contributed by atoms with Crippen molar-refractivity contribution in [3.05, 3.63) is 58.3 Å². The van der Waals surface area contributed by atoms with Gasteiger partial charge in [0.2, 0.25) is 0 Å². The maximum absolute atomic E-state index is 3.77. The molecule has 0 unspecified atom stereocenters. The molecule has 1 heterocycles. The third kappa shape index (κ3) is 2.32. The number of rotatable bonds is 5. The second-order valence-corrected chi connectivity index (χ2v) is 7.38. The summed E-state index contributed by atoms with van der Waals surface area (Å²) in [5, 5.41) is 5.99. The topological polar surface area (TPSA) is 12.0 Å². The monoisotopic (exact) mass is 283 g/mol. The van der Waals surface area contributed by atoms with E-state index in [4.69, 9.17) is 0 Å². The van der Waals surface area contributed by atoms with E-state index < -0.39 is 0 Å². The van der Waals surface area contributed by atoms with Crippen LogP contribution >= 0.6 is 11.3 Å². The van der Waals surface area contributed by atoms with Crippen LogP contribution in [0, 0.1) is 0 Å². The molecule has 2 fully saturated rings. The van der Waals surface area contributed by atoms with Crippen molar-refractivity contribution in [3.63, 3.8) is 0 Å². The van der Waals surface area contributed by atoms with Crippen molar-refractivity contribution < 1.29 is 0 Å². The second-order valence-electron chi connectivity index (χ2n) is 6.43. The third-order valence-corrected chi connectivity index (χ3v) is 6.01. The van der Waals surface area contributed by atoms with Crippen molar-refractivity contribution in [2.45, 2.75) is 43.1 Å². The van der Waals surface area contributed by atoms with Crippen molar-refractivity contribution in [2.24, 2.45) is 0 Å². The summed E-state index contributed by atoms with van der Waals surface area (Å²) >= 11 is 1.93. The van der Waals surface area contributed by atoms with E-state index in [1.165, 1.54) is 37.8 Å². The lowest BCUT2D eigenvalue weighted by Crippen LogP contribution is -2.47. The first kappa shape index (κ1) is 12.6. The summed E-state index contributed by atoms with van der Waals surface area (Å²) in [6, 6.07) is 16.4. The van der Waals surface area contributed by atoms with Crippen LogP contribution in [0.25, 0.3) is 0 Å². The highest BCUT2D eigenvalue weighted by Crippen LogP contribution is 2.53. The number of nitrogens with one attached hydrogen (secondary N) is 1. The Kier molecular flexibility index (Phi) is 3.16. The van der Waals surface area contributed by atoms with Crippen LogP contribution < -0.4 is 5.32 Å². The van der Waals surface area contributed by atoms with E-state index in [-0.39, 0.29) is 0 Å². The van der Waals surface area contributed by atoms with E-state index in [1.807, 2.05) is 11.3 Å². The molecule has 20 heavy (non-hydrogen) atoms. The predicted octanol–water partition coefficient (Wildman–Crippen LogP) is 4.32. The summed E-state index contributed by atoms with van der Waals surface area (Å²) < 4.78 is 0. The van der Waals surface area contributed by atoms with Gasteiger partial charge in [0.15, 0.2) is 0 Å². The number of benzene rings is 1. The summed E-state index contributed by atoms with van der Waals surface area (Å²) in [6.07, 6.45) is 5.36. The molecule has 0 amide bonds. The summed E-state index contributed by atoms with van der Waals surface area (Å²) in [5.41, 5.74) is 1.92. The molecular formula is C18H21NS. The Hall–Kier alpha value is -1.12. The largest absolute Gasteiger partial charge is 0.313 e. The first-order chi connectivity index (χ1) is 9.86. The molecule has 2 aliphatic rings. The van der Waals surface area contributed by atoms with E-state index in [0.717, 1.165) is 12.0 Å². The number of hydrogen-bond acceptors (Lipinski definition) is 2. The zero-order chi connectivity index (χ0) is 13.4. The molecule has 2 saturated carbocycles. The molecule has 2 aliphatic carbocycles. The third-order valence-electron chi connectivity index (χ3n) is 4.90. The van der Waals surface area contributed by atoms with Gasteiger partial charge in [-0.25, -0.2) is 0 Å². The van der Waals surface area contributed by atoms with Gasteiger partial charge < -0.3 is 5.32 Å². The van der Waals surface area contributed by atoms with Gasteiger partial charge in [0, 0.05) is 22.9 Å². The minimum atomic E-state index is 0.400. The molecule has 1 aromatic carbocycles. The fourth-order valence-corrected chi connectivity index (χ4v) is 4.43. The fourth-order valence-electron chi connectivity index (χ4n) is 3.48. The van der Waals surface area contributed by atoms with Crippen molar-refractivity contribution >= 4 is 11.3 Å². The minimum absolute atomic E-state index is 0.400. The Morgan fingerprint density at radius 2 is 1.85 bits per heavy atom. The average molecular weight is 283 g/mol. The Labute approximate surface area is 125 Å². The van der Waals surface area contributed by atoms with Gasteiger partial charge in [-0.1, -0.05) is 36.4 Å². The Morgan fingerprint density at radius 1 is 1.05 bits per heavy atom. The van der Waals surface area contributed by atoms with E-state index in [0.29, 0.717) is 5.41 Å². The molecule has 1 N–H and O–H groups in total. The van der Waals surface area contributed by atoms with Crippen LogP contribution in [0.2, 0.25) is 0 Å². The summed E-state index contributed by atoms with van der Waals surface area (Å²) in [5.74, 6) is 0.749. The maximum Gasteiger partial charge on any atom is 0.0183 e. The summed E-state index contributed by atoms with van der Waals surface area (Å²) in [7, 11) is 0. The van der Waals surface area contributed by atoms with Crippen LogP contribution in [0.4, 0.5) is 0 Å². The van der Waals surface area contributed by atoms with Crippen LogP contribution in [-0.2, 0) is 5.41 Å². The number of thiophene rings is 1. The van der Waals surface area contributed by atoms with Crippen LogP contribution in [0.1, 0.15) is 42.0 Å². The van der Waals surface area contributed by atoms with Gasteiger partial charge in [0.1, 0.15) is 0 Å². The molecule has 1 nitrogen and oxygen atoms in total. The normalized spacial score (nSPS) is 29.1. The molecule has 0 bridgehead atoms. The lowest BCUT2D eigenvalue weighted by molar-refractivity contribution is 0.198. The van der Waals surface area contributed by atoms with Crippen LogP contribution in [0.3, 0.4) is 0 Å². The van der Waals surface area contributed by atoms with Crippen LogP contribution in [0.5, 0.6) is 0 Å². The minimum Gasteiger partial charge on any atom is -0.313 e. The highest BCUT2D eigenvalue weighted by atomic mass is 32.1. The van der Waals surface area contributed by atoms with Crippen molar-refractivity contribution in [1.29, 1.82) is 0 Å². The highest BCUT2D eigenvalue weighted by molar-refractivity contribution is 7.10. The van der Waals surface area contributed by atoms with Gasteiger partial charge in [-0.3, -0.25) is 0 Å². The van der Waals surface area contributed by atoms with Crippen molar-refractivity contribution in [2.75, 3.05) is 6.54 Å². The van der Waals surface area contributed by atoms with Crippen LogP contribution in [-0.4, -0.2) is 12.6 Å². The van der Waals surface area contributed by atoms with Gasteiger partial charge in [-0.15, -0.1) is 11.3 Å². The number of hydrogen-bond donors (Lipinski definition) is 1. The van der Waals surface area contributed by atoms with E-state index >= 15 is 0 Å². The first-order valence-electron chi connectivity index (χ1n) is 7.68. The molecule has 0 atom stereocenters. The van der Waals surface area contributed by atoms with Gasteiger partial charge in [0.25, 0.3) is 0 Å². The van der Waals surface area contributed by atoms with E-state index in [1.54, 1.807) is 4.88 Å². The molecule has 0 saturated heterocycles. The zero-order valence-corrected chi connectivity index (χ0v) is 12.5. The van der Waals surface area contributed by atoms with Crippen molar-refractivity contribution in [1.82, 2.24) is 5.32 Å². The lowest BCUT2D eigenvalue weighted by Gasteiger charge is -2.48. The maximum atomic E-state index is 3.77. The molecule has 1 aromatic heterocycles. The summed E-state index contributed by atoms with van der Waals surface area (Å²) in [6.45, 7) is 1.17. The molecule has 0 spiro atoms. The molecule has 0 radical (unpaired) electrons. The Balaban J connectivity index is 1.50. The standard InChI is InChI=1S/C18H21NS/c1-2-5-14(6-3-1)15-11-18(12-15,13-19-16-8-9-16)17-7-4-10-20-17/h1-7,10,15-16,19H,8-9,11-13H2. The highest BCUT2D eigenvalue weighted by Gasteiger charge is 2.47. The molecule has 2 aromatic rings. The molecule has 104 valence electrons. The van der Waals surface area contributed by atoms with E-state index in [2.05, 4.69) is 53.2 Å². The van der Waals surface area contributed by atoms with E-state index in [9.17, 15) is 0 Å². The SMILES string of the molecule is c1ccc(C2CC(CNC3CC3)(c3cccs3)C2)cc1. The lowest BCUT2D eigenvalue weighted by atomic mass is 9.59.